The molecule has 0 saturated carbocycles. The van der Waals surface area contributed by atoms with E-state index in [1.165, 1.54) is 18.2 Å². The lowest BCUT2D eigenvalue weighted by molar-refractivity contribution is -0.384. The fourth-order valence-corrected chi connectivity index (χ4v) is 3.55. The molecule has 7 nitrogen and oxygen atoms in total. The maximum atomic E-state index is 13.3. The number of non-ortho nitro benzene ring substituents is 1. The average Bonchev–Trinajstić information content (AvgIpc) is 2.95. The summed E-state index contributed by atoms with van der Waals surface area (Å²) in [6.07, 6.45) is 4.40. The Hall–Kier alpha value is -2.51. The molecule has 1 atom stereocenters. The van der Waals surface area contributed by atoms with Gasteiger partial charge < -0.3 is 10.2 Å². The van der Waals surface area contributed by atoms with E-state index < -0.39 is 4.92 Å². The molecule has 1 aliphatic rings. The van der Waals surface area contributed by atoms with E-state index in [4.69, 9.17) is 11.6 Å². The Kier molecular flexibility index (Phi) is 6.36. The molecule has 1 aliphatic heterocycles. The largest absolute Gasteiger partial charge is 0.330 e. The highest BCUT2D eigenvalue weighted by Gasteiger charge is 2.28. The second kappa shape index (κ2) is 8.92. The Morgan fingerprint density at radius 3 is 2.85 bits per heavy atom. The summed E-state index contributed by atoms with van der Waals surface area (Å²) in [6.45, 7) is 2.14. The predicted octanol–water partition coefficient (Wildman–Crippen LogP) is 3.43. The van der Waals surface area contributed by atoms with Crippen LogP contribution in [0.25, 0.3) is 0 Å². The molecule has 1 saturated heterocycles. The lowest BCUT2D eigenvalue weighted by Gasteiger charge is -2.31. The molecule has 2 heterocycles. The fourth-order valence-electron chi connectivity index (χ4n) is 3.29. The summed E-state index contributed by atoms with van der Waals surface area (Å²) in [7, 11) is 0. The molecule has 142 valence electrons. The average molecular weight is 389 g/mol. The molecule has 1 aromatic heterocycles. The van der Waals surface area contributed by atoms with E-state index in [9.17, 15) is 14.9 Å². The highest BCUT2D eigenvalue weighted by molar-refractivity contribution is 6.34. The number of carbonyl (C=O) groups is 1. The number of hydrogen-bond acceptors (Lipinski definition) is 5. The molecule has 8 heteroatoms. The van der Waals surface area contributed by atoms with E-state index >= 15 is 0 Å². The summed E-state index contributed by atoms with van der Waals surface area (Å²) in [5.41, 5.74) is 0.933. The molecular formula is C19H21ClN4O3. The van der Waals surface area contributed by atoms with Gasteiger partial charge in [0.05, 0.1) is 27.7 Å². The van der Waals surface area contributed by atoms with Gasteiger partial charge >= 0.3 is 0 Å². The molecule has 27 heavy (non-hydrogen) atoms. The quantitative estimate of drug-likeness (QED) is 0.626. The molecule has 1 N–H and O–H groups in total. The number of carbonyl (C=O) groups excluding carboxylic acids is 1. The van der Waals surface area contributed by atoms with Gasteiger partial charge in [0.25, 0.3) is 11.6 Å². The minimum absolute atomic E-state index is 0.0563. The first-order valence-corrected chi connectivity index (χ1v) is 9.29. The molecule has 2 aromatic rings. The van der Waals surface area contributed by atoms with Crippen LogP contribution in [0.15, 0.2) is 42.6 Å². The molecule has 3 rings (SSSR count). The zero-order valence-corrected chi connectivity index (χ0v) is 15.6. The summed E-state index contributed by atoms with van der Waals surface area (Å²) in [6, 6.07) is 9.63. The highest BCUT2D eigenvalue weighted by atomic mass is 35.5. The predicted molar refractivity (Wildman–Crippen MR) is 103 cm³/mol. The van der Waals surface area contributed by atoms with Crippen molar-refractivity contribution in [2.45, 2.75) is 31.8 Å². The third-order valence-corrected chi connectivity index (χ3v) is 5.01. The Morgan fingerprint density at radius 2 is 2.15 bits per heavy atom. The number of nitro benzene ring substituents is 1. The van der Waals surface area contributed by atoms with E-state index in [0.717, 1.165) is 38.0 Å². The molecule has 1 aromatic carbocycles. The number of benzene rings is 1. The number of nitrogens with zero attached hydrogens (tertiary/aromatic N) is 3. The first-order valence-electron chi connectivity index (χ1n) is 8.92. The summed E-state index contributed by atoms with van der Waals surface area (Å²) in [5, 5.41) is 14.4. The van der Waals surface area contributed by atoms with Gasteiger partial charge in [-0.25, -0.2) is 0 Å². The lowest BCUT2D eigenvalue weighted by Crippen LogP contribution is -2.40. The fraction of sp³-hybridized carbons (Fsp3) is 0.368. The van der Waals surface area contributed by atoms with Crippen molar-refractivity contribution in [2.75, 3.05) is 13.1 Å². The van der Waals surface area contributed by atoms with Crippen LogP contribution in [0.4, 0.5) is 5.69 Å². The van der Waals surface area contributed by atoms with Crippen LogP contribution in [0.1, 0.15) is 35.3 Å². The number of pyridine rings is 1. The molecule has 0 aliphatic carbocycles. The lowest BCUT2D eigenvalue weighted by atomic mass is 10.0. The van der Waals surface area contributed by atoms with Gasteiger partial charge in [-0.05, 0) is 50.6 Å². The highest BCUT2D eigenvalue weighted by Crippen LogP contribution is 2.26. The number of rotatable bonds is 5. The Bertz CT molecular complexity index is 808. The van der Waals surface area contributed by atoms with Crippen molar-refractivity contribution >= 4 is 23.2 Å². The van der Waals surface area contributed by atoms with E-state index in [0.29, 0.717) is 6.54 Å². The second-order valence-corrected chi connectivity index (χ2v) is 6.92. The van der Waals surface area contributed by atoms with Gasteiger partial charge in [-0.1, -0.05) is 17.7 Å². The van der Waals surface area contributed by atoms with Gasteiger partial charge in [0.15, 0.2) is 0 Å². The van der Waals surface area contributed by atoms with Crippen molar-refractivity contribution < 1.29 is 9.72 Å². The van der Waals surface area contributed by atoms with Crippen LogP contribution in [-0.4, -0.2) is 39.8 Å². The van der Waals surface area contributed by atoms with Crippen LogP contribution in [0.5, 0.6) is 0 Å². The van der Waals surface area contributed by atoms with Crippen LogP contribution in [0, 0.1) is 10.1 Å². The third kappa shape index (κ3) is 4.81. The molecule has 0 radical (unpaired) electrons. The molecule has 1 fully saturated rings. The van der Waals surface area contributed by atoms with E-state index in [1.54, 1.807) is 11.1 Å². The van der Waals surface area contributed by atoms with Crippen LogP contribution in [0.2, 0.25) is 5.02 Å². The van der Waals surface area contributed by atoms with Gasteiger partial charge in [-0.15, -0.1) is 0 Å². The van der Waals surface area contributed by atoms with Crippen LogP contribution in [-0.2, 0) is 6.54 Å². The smallest absolute Gasteiger partial charge is 0.270 e. The normalized spacial score (nSPS) is 17.1. The van der Waals surface area contributed by atoms with Gasteiger partial charge in [0.1, 0.15) is 0 Å². The Labute approximate surface area is 162 Å². The van der Waals surface area contributed by atoms with Crippen molar-refractivity contribution in [3.63, 3.8) is 0 Å². The van der Waals surface area contributed by atoms with Gasteiger partial charge in [0.2, 0.25) is 0 Å². The topological polar surface area (TPSA) is 88.4 Å². The maximum Gasteiger partial charge on any atom is 0.270 e. The number of hydrogen-bond donors (Lipinski definition) is 1. The third-order valence-electron chi connectivity index (χ3n) is 4.70. The number of amides is 1. The van der Waals surface area contributed by atoms with Crippen molar-refractivity contribution in [3.05, 3.63) is 69.0 Å². The molecule has 1 amide bonds. The minimum Gasteiger partial charge on any atom is -0.330 e. The van der Waals surface area contributed by atoms with Gasteiger partial charge in [-0.2, -0.15) is 0 Å². The maximum absolute atomic E-state index is 13.3. The molecular weight excluding hydrogens is 368 g/mol. The van der Waals surface area contributed by atoms with Gasteiger partial charge in [-0.3, -0.25) is 19.9 Å². The zero-order valence-electron chi connectivity index (χ0n) is 14.8. The van der Waals surface area contributed by atoms with Crippen LogP contribution < -0.4 is 5.32 Å². The molecule has 0 bridgehead atoms. The minimum atomic E-state index is -0.525. The number of nitro groups is 1. The summed E-state index contributed by atoms with van der Waals surface area (Å²) < 4.78 is 0. The van der Waals surface area contributed by atoms with E-state index in [-0.39, 0.29) is 28.2 Å². The van der Waals surface area contributed by atoms with Crippen molar-refractivity contribution in [1.82, 2.24) is 15.2 Å². The monoisotopic (exact) mass is 388 g/mol. The van der Waals surface area contributed by atoms with Crippen LogP contribution in [0.3, 0.4) is 0 Å². The van der Waals surface area contributed by atoms with Crippen molar-refractivity contribution in [2.24, 2.45) is 0 Å². The number of nitrogens with one attached hydrogen (secondary N) is 1. The summed E-state index contributed by atoms with van der Waals surface area (Å²) in [4.78, 5) is 29.8. The van der Waals surface area contributed by atoms with Crippen molar-refractivity contribution in [1.29, 1.82) is 0 Å². The standard InChI is InChI=1S/C19H21ClN4O3/c20-18-12-16(24(26)27)6-7-17(18)19(25)23(13-14-4-1-2-10-22-14)15-5-3-9-21-11-8-15/h1-2,4,6-7,10,12,15,21H,3,5,8-9,11,13H2. The second-order valence-electron chi connectivity index (χ2n) is 6.51. The summed E-state index contributed by atoms with van der Waals surface area (Å²) in [5.74, 6) is -0.229. The molecule has 0 spiro atoms. The zero-order chi connectivity index (χ0) is 19.2. The number of aromatic nitrogens is 1. The van der Waals surface area contributed by atoms with E-state index in [1.807, 2.05) is 18.2 Å². The van der Waals surface area contributed by atoms with Crippen molar-refractivity contribution in [3.8, 4) is 0 Å². The van der Waals surface area contributed by atoms with Gasteiger partial charge in [0, 0.05) is 24.4 Å². The number of halogens is 1. The SMILES string of the molecule is O=C(c1ccc([N+](=O)[O-])cc1Cl)N(Cc1ccccn1)C1CCCNCC1. The molecule has 1 unspecified atom stereocenters. The first-order chi connectivity index (χ1) is 13.1. The Morgan fingerprint density at radius 1 is 1.30 bits per heavy atom. The van der Waals surface area contributed by atoms with E-state index in [2.05, 4.69) is 10.3 Å². The Balaban J connectivity index is 1.91. The summed E-state index contributed by atoms with van der Waals surface area (Å²) >= 11 is 6.21. The first kappa shape index (κ1) is 19.3. The van der Waals surface area contributed by atoms with Crippen LogP contribution >= 0.6 is 11.6 Å².